The van der Waals surface area contributed by atoms with Crippen LogP contribution in [0.1, 0.15) is 233 Å². The SMILES string of the molecule is CCCCCCCCCCCCCCCCCCOCCCCCCCCCCCCCCCCCC.CCOCC. The second-order valence-electron chi connectivity index (χ2n) is 13.0. The maximum absolute atomic E-state index is 5.87. The van der Waals surface area contributed by atoms with Crippen molar-refractivity contribution in [3.63, 3.8) is 0 Å². The number of ether oxygens (including phenoxy) is 2. The molecular weight excluding hydrogens is 512 g/mol. The highest BCUT2D eigenvalue weighted by Gasteiger charge is 1.97. The Bertz CT molecular complexity index is 374. The molecule has 0 bridgehead atoms. The number of rotatable bonds is 36. The first-order valence-corrected chi connectivity index (χ1v) is 20.0. The first-order valence-electron chi connectivity index (χ1n) is 20.0. The Kier molecular flexibility index (Phi) is 47.6. The topological polar surface area (TPSA) is 18.5 Å². The molecule has 0 aromatic rings. The zero-order chi connectivity index (χ0) is 30.9. The molecule has 0 amide bonds. The minimum atomic E-state index is 0.844. The van der Waals surface area contributed by atoms with E-state index in [0.29, 0.717) is 0 Å². The van der Waals surface area contributed by atoms with Gasteiger partial charge < -0.3 is 9.47 Å². The highest BCUT2D eigenvalue weighted by molar-refractivity contribution is 4.52. The van der Waals surface area contributed by atoms with Crippen molar-refractivity contribution in [2.45, 2.75) is 233 Å². The predicted octanol–water partition coefficient (Wildman–Crippen LogP) is 14.6. The van der Waals surface area contributed by atoms with Crippen molar-refractivity contribution in [3.05, 3.63) is 0 Å². The van der Waals surface area contributed by atoms with Gasteiger partial charge in [-0.3, -0.25) is 0 Å². The summed E-state index contributed by atoms with van der Waals surface area (Å²) >= 11 is 0. The molecule has 0 aliphatic carbocycles. The fourth-order valence-corrected chi connectivity index (χ4v) is 5.81. The molecule has 0 aromatic heterocycles. The lowest BCUT2D eigenvalue weighted by molar-refractivity contribution is 0.125. The number of hydrogen-bond donors (Lipinski definition) is 0. The zero-order valence-corrected chi connectivity index (χ0v) is 30.3. The second-order valence-corrected chi connectivity index (χ2v) is 13.0. The van der Waals surface area contributed by atoms with E-state index in [-0.39, 0.29) is 0 Å². The van der Waals surface area contributed by atoms with E-state index < -0.39 is 0 Å². The number of unbranched alkanes of at least 4 members (excludes halogenated alkanes) is 30. The van der Waals surface area contributed by atoms with Crippen LogP contribution in [0.4, 0.5) is 0 Å². The molecule has 0 spiro atoms. The summed E-state index contributed by atoms with van der Waals surface area (Å²) in [7, 11) is 0. The third-order valence-corrected chi connectivity index (χ3v) is 8.69. The summed E-state index contributed by atoms with van der Waals surface area (Å²) in [5.41, 5.74) is 0. The summed E-state index contributed by atoms with van der Waals surface area (Å²) in [5.74, 6) is 0. The van der Waals surface area contributed by atoms with Crippen molar-refractivity contribution in [1.29, 1.82) is 0 Å². The van der Waals surface area contributed by atoms with Gasteiger partial charge in [0.2, 0.25) is 0 Å². The second kappa shape index (κ2) is 45.4. The van der Waals surface area contributed by atoms with E-state index in [1.54, 1.807) is 0 Å². The van der Waals surface area contributed by atoms with Crippen LogP contribution in [0.2, 0.25) is 0 Å². The molecule has 0 radical (unpaired) electrons. The molecule has 0 N–H and O–H groups in total. The highest BCUT2D eigenvalue weighted by Crippen LogP contribution is 2.15. The van der Waals surface area contributed by atoms with E-state index in [0.717, 1.165) is 26.4 Å². The lowest BCUT2D eigenvalue weighted by Crippen LogP contribution is -1.97. The van der Waals surface area contributed by atoms with Crippen LogP contribution >= 0.6 is 0 Å². The van der Waals surface area contributed by atoms with Gasteiger partial charge >= 0.3 is 0 Å². The molecular formula is C40H84O2. The summed E-state index contributed by atoms with van der Waals surface area (Å²) < 4.78 is 10.7. The molecule has 0 saturated heterocycles. The van der Waals surface area contributed by atoms with Crippen molar-refractivity contribution < 1.29 is 9.47 Å². The summed E-state index contributed by atoms with van der Waals surface area (Å²) in [6.07, 6.45) is 46.0. The molecule has 0 aromatic carbocycles. The van der Waals surface area contributed by atoms with Crippen LogP contribution in [0.15, 0.2) is 0 Å². The van der Waals surface area contributed by atoms with E-state index in [2.05, 4.69) is 13.8 Å². The van der Waals surface area contributed by atoms with Crippen LogP contribution in [0.25, 0.3) is 0 Å². The minimum absolute atomic E-state index is 0.844. The summed E-state index contributed by atoms with van der Waals surface area (Å²) in [4.78, 5) is 0. The quantitative estimate of drug-likeness (QED) is 0.0670. The van der Waals surface area contributed by atoms with Gasteiger partial charge in [-0.05, 0) is 26.7 Å². The first kappa shape index (κ1) is 44.0. The minimum Gasteiger partial charge on any atom is -0.382 e. The maximum atomic E-state index is 5.87. The largest absolute Gasteiger partial charge is 0.382 e. The average molecular weight is 597 g/mol. The van der Waals surface area contributed by atoms with E-state index in [4.69, 9.17) is 9.47 Å². The molecule has 0 heterocycles. The maximum Gasteiger partial charge on any atom is 0.0466 e. The first-order chi connectivity index (χ1) is 20.8. The molecule has 0 rings (SSSR count). The van der Waals surface area contributed by atoms with E-state index >= 15 is 0 Å². The third kappa shape index (κ3) is 46.9. The normalized spacial score (nSPS) is 11.1. The van der Waals surface area contributed by atoms with Gasteiger partial charge in [-0.25, -0.2) is 0 Å². The zero-order valence-electron chi connectivity index (χ0n) is 30.3. The average Bonchev–Trinajstić information content (AvgIpc) is 3.00. The van der Waals surface area contributed by atoms with Crippen LogP contribution in [0.5, 0.6) is 0 Å². The molecule has 2 heteroatoms. The Morgan fingerprint density at radius 3 is 0.571 bits per heavy atom. The molecule has 0 atom stereocenters. The molecule has 2 nitrogen and oxygen atoms in total. The third-order valence-electron chi connectivity index (χ3n) is 8.69. The van der Waals surface area contributed by atoms with Gasteiger partial charge in [-0.2, -0.15) is 0 Å². The fourth-order valence-electron chi connectivity index (χ4n) is 5.81. The molecule has 0 unspecified atom stereocenters. The van der Waals surface area contributed by atoms with Gasteiger partial charge in [0.25, 0.3) is 0 Å². The van der Waals surface area contributed by atoms with Gasteiger partial charge in [0.15, 0.2) is 0 Å². The van der Waals surface area contributed by atoms with Crippen LogP contribution in [-0.2, 0) is 9.47 Å². The molecule has 42 heavy (non-hydrogen) atoms. The lowest BCUT2D eigenvalue weighted by atomic mass is 10.0. The van der Waals surface area contributed by atoms with Gasteiger partial charge in [0.1, 0.15) is 0 Å². The number of hydrogen-bond acceptors (Lipinski definition) is 2. The monoisotopic (exact) mass is 597 g/mol. The van der Waals surface area contributed by atoms with Crippen LogP contribution in [0, 0.1) is 0 Å². The lowest BCUT2D eigenvalue weighted by Gasteiger charge is -2.06. The van der Waals surface area contributed by atoms with Crippen molar-refractivity contribution in [2.24, 2.45) is 0 Å². The fraction of sp³-hybridized carbons (Fsp3) is 1.00. The van der Waals surface area contributed by atoms with Crippen LogP contribution in [-0.4, -0.2) is 26.4 Å². The Hall–Kier alpha value is -0.0800. The molecule has 0 fully saturated rings. The summed E-state index contributed by atoms with van der Waals surface area (Å²) in [6, 6.07) is 0. The standard InChI is InChI=1S/C36H74O.C4H10O/c1-3-5-7-9-11-13-15-17-19-21-23-25-27-29-31-33-35-37-36-34-32-30-28-26-24-22-20-18-16-14-12-10-8-6-4-2;1-3-5-4-2/h3-36H2,1-2H3;3-4H2,1-2H3. The van der Waals surface area contributed by atoms with Gasteiger partial charge in [-0.1, -0.05) is 206 Å². The van der Waals surface area contributed by atoms with Gasteiger partial charge in [-0.15, -0.1) is 0 Å². The highest BCUT2D eigenvalue weighted by atomic mass is 16.5. The summed E-state index contributed by atoms with van der Waals surface area (Å²) in [6.45, 7) is 12.3. The Morgan fingerprint density at radius 2 is 0.405 bits per heavy atom. The van der Waals surface area contributed by atoms with Crippen molar-refractivity contribution >= 4 is 0 Å². The van der Waals surface area contributed by atoms with Crippen LogP contribution < -0.4 is 0 Å². The van der Waals surface area contributed by atoms with Crippen molar-refractivity contribution in [2.75, 3.05) is 26.4 Å². The van der Waals surface area contributed by atoms with Crippen molar-refractivity contribution in [1.82, 2.24) is 0 Å². The molecule has 256 valence electrons. The Labute approximate surface area is 268 Å². The predicted molar refractivity (Wildman–Crippen MR) is 192 cm³/mol. The molecule has 0 aliphatic rings. The Balaban J connectivity index is 0. The molecule has 0 saturated carbocycles. The molecule has 0 aliphatic heterocycles. The van der Waals surface area contributed by atoms with Crippen molar-refractivity contribution in [3.8, 4) is 0 Å². The van der Waals surface area contributed by atoms with E-state index in [1.807, 2.05) is 13.8 Å². The van der Waals surface area contributed by atoms with Gasteiger partial charge in [0, 0.05) is 26.4 Å². The van der Waals surface area contributed by atoms with Gasteiger partial charge in [0.05, 0.1) is 0 Å². The smallest absolute Gasteiger partial charge is 0.0466 e. The van der Waals surface area contributed by atoms with E-state index in [9.17, 15) is 0 Å². The summed E-state index contributed by atoms with van der Waals surface area (Å²) in [5, 5.41) is 0. The Morgan fingerprint density at radius 1 is 0.214 bits per heavy atom. The van der Waals surface area contributed by atoms with E-state index in [1.165, 1.54) is 205 Å². The van der Waals surface area contributed by atoms with Crippen LogP contribution in [0.3, 0.4) is 0 Å².